The molecule has 2 aromatic rings. The van der Waals surface area contributed by atoms with Crippen LogP contribution < -0.4 is 0 Å². The molecular formula is C11H7NO3S. The fraction of sp³-hybridized carbons (Fsp3) is 0. The molecule has 4 nitrogen and oxygen atoms in total. The van der Waals surface area contributed by atoms with Crippen LogP contribution in [0.25, 0.3) is 11.3 Å². The molecule has 0 atom stereocenters. The number of rotatable bonds is 3. The Labute approximate surface area is 95.2 Å². The zero-order valence-corrected chi connectivity index (χ0v) is 8.90. The summed E-state index contributed by atoms with van der Waals surface area (Å²) in [6.45, 7) is 0. The number of carbonyl (C=O) groups excluding carboxylic acids is 1. The predicted octanol–water partition coefficient (Wildman–Crippen LogP) is 2.32. The van der Waals surface area contributed by atoms with E-state index in [0.717, 1.165) is 0 Å². The molecule has 1 aromatic carbocycles. The largest absolute Gasteiger partial charge is 0.478 e. The Morgan fingerprint density at radius 3 is 2.88 bits per heavy atom. The topological polar surface area (TPSA) is 67.3 Å². The molecule has 0 fully saturated rings. The van der Waals surface area contributed by atoms with E-state index < -0.39 is 5.97 Å². The molecule has 0 amide bonds. The van der Waals surface area contributed by atoms with E-state index in [0.29, 0.717) is 22.6 Å². The molecule has 2 rings (SSSR count). The van der Waals surface area contributed by atoms with E-state index in [1.165, 1.54) is 23.5 Å². The number of carboxylic acid groups (broad SMARTS) is 1. The van der Waals surface area contributed by atoms with Gasteiger partial charge in [0.25, 0.3) is 0 Å². The number of thiazole rings is 1. The normalized spacial score (nSPS) is 10.0. The molecule has 0 aliphatic rings. The van der Waals surface area contributed by atoms with Crippen LogP contribution in [0, 0.1) is 0 Å². The fourth-order valence-electron chi connectivity index (χ4n) is 1.29. The highest BCUT2D eigenvalue weighted by molar-refractivity contribution is 7.11. The zero-order valence-electron chi connectivity index (χ0n) is 8.08. The summed E-state index contributed by atoms with van der Waals surface area (Å²) in [5.41, 5.74) is 1.53. The first-order chi connectivity index (χ1) is 7.70. The summed E-state index contributed by atoms with van der Waals surface area (Å²) < 4.78 is 0. The van der Waals surface area contributed by atoms with Gasteiger partial charge in [-0.15, -0.1) is 11.3 Å². The second kappa shape index (κ2) is 4.24. The highest BCUT2D eigenvalue weighted by Crippen LogP contribution is 2.22. The van der Waals surface area contributed by atoms with E-state index >= 15 is 0 Å². The zero-order chi connectivity index (χ0) is 11.5. The van der Waals surface area contributed by atoms with Crippen LogP contribution >= 0.6 is 11.3 Å². The van der Waals surface area contributed by atoms with Gasteiger partial charge in [0.15, 0.2) is 11.3 Å². The molecule has 0 aliphatic heterocycles. The van der Waals surface area contributed by atoms with Gasteiger partial charge in [0.05, 0.1) is 11.3 Å². The number of hydrogen-bond acceptors (Lipinski definition) is 4. The molecule has 5 heteroatoms. The predicted molar refractivity (Wildman–Crippen MR) is 59.9 cm³/mol. The van der Waals surface area contributed by atoms with Gasteiger partial charge in [-0.1, -0.05) is 12.1 Å². The third kappa shape index (κ3) is 1.99. The first-order valence-electron chi connectivity index (χ1n) is 4.45. The molecule has 0 bridgehead atoms. The minimum Gasteiger partial charge on any atom is -0.478 e. The highest BCUT2D eigenvalue weighted by Gasteiger charge is 2.07. The van der Waals surface area contributed by atoms with Crippen molar-refractivity contribution in [3.8, 4) is 11.3 Å². The van der Waals surface area contributed by atoms with Gasteiger partial charge in [-0.2, -0.15) is 0 Å². The molecular weight excluding hydrogens is 226 g/mol. The Balaban J connectivity index is 2.43. The maximum Gasteiger partial charge on any atom is 0.335 e. The number of carboxylic acids is 1. The Bertz CT molecular complexity index is 548. The van der Waals surface area contributed by atoms with Crippen LogP contribution in [0.2, 0.25) is 0 Å². The molecule has 1 heterocycles. The third-order valence-electron chi connectivity index (χ3n) is 2.03. The van der Waals surface area contributed by atoms with Gasteiger partial charge in [0.1, 0.15) is 0 Å². The SMILES string of the molecule is O=Cc1nc(-c2cccc(C(=O)O)c2)cs1. The maximum atomic E-state index is 10.8. The Kier molecular flexibility index (Phi) is 2.78. The van der Waals surface area contributed by atoms with Crippen LogP contribution in [-0.4, -0.2) is 22.3 Å². The summed E-state index contributed by atoms with van der Waals surface area (Å²) in [5, 5.41) is 10.9. The quantitative estimate of drug-likeness (QED) is 0.826. The Morgan fingerprint density at radius 1 is 1.44 bits per heavy atom. The van der Waals surface area contributed by atoms with Gasteiger partial charge < -0.3 is 5.11 Å². The molecule has 1 N–H and O–H groups in total. The number of hydrogen-bond donors (Lipinski definition) is 1. The summed E-state index contributed by atoms with van der Waals surface area (Å²) in [4.78, 5) is 25.3. The van der Waals surface area contributed by atoms with E-state index in [4.69, 9.17) is 5.11 Å². The number of aromatic carboxylic acids is 1. The van der Waals surface area contributed by atoms with Crippen LogP contribution in [0.15, 0.2) is 29.6 Å². The molecule has 0 saturated carbocycles. The number of benzene rings is 1. The Hall–Kier alpha value is -2.01. The molecule has 0 aliphatic carbocycles. The van der Waals surface area contributed by atoms with Crippen LogP contribution in [0.5, 0.6) is 0 Å². The molecule has 0 radical (unpaired) electrons. The van der Waals surface area contributed by atoms with Crippen molar-refractivity contribution in [1.82, 2.24) is 4.98 Å². The van der Waals surface area contributed by atoms with Crippen molar-refractivity contribution in [2.45, 2.75) is 0 Å². The van der Waals surface area contributed by atoms with Gasteiger partial charge in [-0.25, -0.2) is 9.78 Å². The van der Waals surface area contributed by atoms with Crippen molar-refractivity contribution in [1.29, 1.82) is 0 Å². The Morgan fingerprint density at radius 2 is 2.25 bits per heavy atom. The van der Waals surface area contributed by atoms with Crippen molar-refractivity contribution in [2.75, 3.05) is 0 Å². The molecule has 0 saturated heterocycles. The number of nitrogens with zero attached hydrogens (tertiary/aromatic N) is 1. The van der Waals surface area contributed by atoms with Crippen molar-refractivity contribution >= 4 is 23.6 Å². The van der Waals surface area contributed by atoms with Crippen molar-refractivity contribution in [3.63, 3.8) is 0 Å². The van der Waals surface area contributed by atoms with Crippen molar-refractivity contribution in [2.24, 2.45) is 0 Å². The highest BCUT2D eigenvalue weighted by atomic mass is 32.1. The minimum absolute atomic E-state index is 0.207. The van der Waals surface area contributed by atoms with E-state index in [1.807, 2.05) is 0 Å². The summed E-state index contributed by atoms with van der Waals surface area (Å²) in [6, 6.07) is 6.46. The lowest BCUT2D eigenvalue weighted by atomic mass is 10.1. The second-order valence-corrected chi connectivity index (χ2v) is 3.96. The lowest BCUT2D eigenvalue weighted by Crippen LogP contribution is -1.95. The summed E-state index contributed by atoms with van der Waals surface area (Å²) in [7, 11) is 0. The van der Waals surface area contributed by atoms with E-state index in [-0.39, 0.29) is 5.56 Å². The van der Waals surface area contributed by atoms with Gasteiger partial charge in [-0.3, -0.25) is 4.79 Å². The van der Waals surface area contributed by atoms with Crippen LogP contribution in [-0.2, 0) is 0 Å². The summed E-state index contributed by atoms with van der Waals surface area (Å²) >= 11 is 1.23. The van der Waals surface area contributed by atoms with E-state index in [9.17, 15) is 9.59 Å². The van der Waals surface area contributed by atoms with Gasteiger partial charge in [-0.05, 0) is 12.1 Å². The minimum atomic E-state index is -0.979. The molecule has 0 spiro atoms. The first kappa shape index (κ1) is 10.5. The van der Waals surface area contributed by atoms with Gasteiger partial charge in [0, 0.05) is 10.9 Å². The van der Waals surface area contributed by atoms with Crippen LogP contribution in [0.3, 0.4) is 0 Å². The van der Waals surface area contributed by atoms with Gasteiger partial charge in [0.2, 0.25) is 0 Å². The van der Waals surface area contributed by atoms with Crippen LogP contribution in [0.1, 0.15) is 20.2 Å². The smallest absolute Gasteiger partial charge is 0.335 e. The summed E-state index contributed by atoms with van der Waals surface area (Å²) in [6.07, 6.45) is 0.676. The number of carbonyl (C=O) groups is 2. The third-order valence-corrected chi connectivity index (χ3v) is 2.80. The fourth-order valence-corrected chi connectivity index (χ4v) is 1.91. The lowest BCUT2D eigenvalue weighted by Gasteiger charge is -1.98. The maximum absolute atomic E-state index is 10.8. The van der Waals surface area contributed by atoms with Crippen molar-refractivity contribution in [3.05, 3.63) is 40.2 Å². The monoisotopic (exact) mass is 233 g/mol. The molecule has 1 aromatic heterocycles. The molecule has 0 unspecified atom stereocenters. The molecule has 80 valence electrons. The number of aldehydes is 1. The molecule has 16 heavy (non-hydrogen) atoms. The average Bonchev–Trinajstić information content (AvgIpc) is 2.77. The van der Waals surface area contributed by atoms with Crippen LogP contribution in [0.4, 0.5) is 0 Å². The van der Waals surface area contributed by atoms with Gasteiger partial charge >= 0.3 is 5.97 Å². The van der Waals surface area contributed by atoms with Crippen molar-refractivity contribution < 1.29 is 14.7 Å². The van der Waals surface area contributed by atoms with E-state index in [2.05, 4.69) is 4.98 Å². The van der Waals surface area contributed by atoms with E-state index in [1.54, 1.807) is 17.5 Å². The standard InChI is InChI=1S/C11H7NO3S/c13-5-10-12-9(6-16-10)7-2-1-3-8(4-7)11(14)15/h1-6H,(H,14,15). The second-order valence-electron chi connectivity index (χ2n) is 3.07. The first-order valence-corrected chi connectivity index (χ1v) is 5.33. The average molecular weight is 233 g/mol. The lowest BCUT2D eigenvalue weighted by molar-refractivity contribution is 0.0696. The summed E-state index contributed by atoms with van der Waals surface area (Å²) in [5.74, 6) is -0.979. The number of aromatic nitrogens is 1.